The molecule has 0 spiro atoms. The van der Waals surface area contributed by atoms with E-state index in [0.717, 1.165) is 18.8 Å². The predicted octanol–water partition coefficient (Wildman–Crippen LogP) is -0.615. The number of hydrogen-bond acceptors (Lipinski definition) is 3. The molecule has 0 atom stereocenters. The highest BCUT2D eigenvalue weighted by Gasteiger charge is 2.20. The van der Waals surface area contributed by atoms with E-state index in [0.29, 0.717) is 0 Å². The van der Waals surface area contributed by atoms with Gasteiger partial charge in [-0.05, 0) is 6.92 Å². The first-order valence-corrected chi connectivity index (χ1v) is 4.88. The van der Waals surface area contributed by atoms with Crippen molar-refractivity contribution in [1.82, 2.24) is 15.6 Å². The number of aromatic nitrogens is 1. The molecule has 0 bridgehead atoms. The normalized spacial score (nSPS) is 15.8. The number of H-pyrrole nitrogens is 1. The molecule has 1 saturated heterocycles. The van der Waals surface area contributed by atoms with Crippen LogP contribution >= 0.6 is 0 Å². The number of amides is 1. The van der Waals surface area contributed by atoms with Gasteiger partial charge < -0.3 is 15.6 Å². The second-order valence-corrected chi connectivity index (χ2v) is 3.72. The largest absolute Gasteiger partial charge is 0.364 e. The fourth-order valence-corrected chi connectivity index (χ4v) is 1.40. The monoisotopic (exact) mass is 207 g/mol. The first kappa shape index (κ1) is 9.92. The maximum absolute atomic E-state index is 11.6. The highest BCUT2D eigenvalue weighted by Crippen LogP contribution is 1.96. The predicted molar refractivity (Wildman–Crippen MR) is 55.9 cm³/mol. The number of aryl methyl sites for hydroxylation is 1. The third-order valence-corrected chi connectivity index (χ3v) is 2.42. The second kappa shape index (κ2) is 3.86. The van der Waals surface area contributed by atoms with Gasteiger partial charge in [0.25, 0.3) is 5.91 Å². The Hall–Kier alpha value is -1.62. The first-order chi connectivity index (χ1) is 7.16. The zero-order valence-corrected chi connectivity index (χ0v) is 8.46. The number of aromatic amines is 1. The summed E-state index contributed by atoms with van der Waals surface area (Å²) < 4.78 is 0. The molecule has 0 unspecified atom stereocenters. The SMILES string of the molecule is Cc1cc(=O)c(C(=O)NC2CNC2)c[nH]1. The molecule has 1 aliphatic heterocycles. The molecule has 1 aromatic heterocycles. The molecule has 1 aliphatic rings. The van der Waals surface area contributed by atoms with E-state index in [9.17, 15) is 9.59 Å². The van der Waals surface area contributed by atoms with E-state index in [1.54, 1.807) is 6.92 Å². The van der Waals surface area contributed by atoms with Gasteiger partial charge in [-0.15, -0.1) is 0 Å². The van der Waals surface area contributed by atoms with Crippen LogP contribution in [0.3, 0.4) is 0 Å². The molecule has 2 heterocycles. The van der Waals surface area contributed by atoms with Crippen LogP contribution in [-0.2, 0) is 0 Å². The zero-order valence-electron chi connectivity index (χ0n) is 8.46. The van der Waals surface area contributed by atoms with E-state index >= 15 is 0 Å². The lowest BCUT2D eigenvalue weighted by atomic mass is 10.1. The summed E-state index contributed by atoms with van der Waals surface area (Å²) in [6.07, 6.45) is 1.46. The van der Waals surface area contributed by atoms with Gasteiger partial charge in [0.15, 0.2) is 5.43 Å². The topological polar surface area (TPSA) is 74.0 Å². The van der Waals surface area contributed by atoms with Gasteiger partial charge in [-0.1, -0.05) is 0 Å². The molecule has 15 heavy (non-hydrogen) atoms. The third kappa shape index (κ3) is 2.07. The Labute approximate surface area is 86.9 Å². The molecule has 0 saturated carbocycles. The van der Waals surface area contributed by atoms with Crippen molar-refractivity contribution in [3.8, 4) is 0 Å². The number of pyridine rings is 1. The third-order valence-electron chi connectivity index (χ3n) is 2.42. The highest BCUT2D eigenvalue weighted by molar-refractivity contribution is 5.94. The quantitative estimate of drug-likeness (QED) is 0.605. The molecule has 3 N–H and O–H groups in total. The van der Waals surface area contributed by atoms with Crippen molar-refractivity contribution in [2.45, 2.75) is 13.0 Å². The molecule has 1 fully saturated rings. The van der Waals surface area contributed by atoms with Crippen molar-refractivity contribution in [2.24, 2.45) is 0 Å². The summed E-state index contributed by atoms with van der Waals surface area (Å²) in [7, 11) is 0. The fourth-order valence-electron chi connectivity index (χ4n) is 1.40. The molecule has 0 aliphatic carbocycles. The molecular formula is C10H13N3O2. The van der Waals surface area contributed by atoms with Crippen LogP contribution in [0.5, 0.6) is 0 Å². The average Bonchev–Trinajstić information content (AvgIpc) is 2.11. The lowest BCUT2D eigenvalue weighted by Crippen LogP contribution is -2.57. The van der Waals surface area contributed by atoms with Crippen LogP contribution in [0.4, 0.5) is 0 Å². The van der Waals surface area contributed by atoms with Gasteiger partial charge in [0.05, 0.1) is 6.04 Å². The van der Waals surface area contributed by atoms with Gasteiger partial charge in [-0.25, -0.2) is 0 Å². The van der Waals surface area contributed by atoms with Gasteiger partial charge in [-0.3, -0.25) is 9.59 Å². The highest BCUT2D eigenvalue weighted by atomic mass is 16.2. The van der Waals surface area contributed by atoms with Crippen LogP contribution in [0, 0.1) is 6.92 Å². The summed E-state index contributed by atoms with van der Waals surface area (Å²) in [5.74, 6) is -0.303. The maximum atomic E-state index is 11.6. The van der Waals surface area contributed by atoms with Crippen molar-refractivity contribution in [1.29, 1.82) is 0 Å². The average molecular weight is 207 g/mol. The van der Waals surface area contributed by atoms with Gasteiger partial charge in [0.1, 0.15) is 5.56 Å². The minimum absolute atomic E-state index is 0.151. The molecule has 1 amide bonds. The Morgan fingerprint density at radius 2 is 2.27 bits per heavy atom. The van der Waals surface area contributed by atoms with Crippen molar-refractivity contribution in [3.63, 3.8) is 0 Å². The van der Waals surface area contributed by atoms with E-state index < -0.39 is 0 Å². The van der Waals surface area contributed by atoms with Crippen molar-refractivity contribution in [2.75, 3.05) is 13.1 Å². The Bertz CT molecular complexity index is 435. The van der Waals surface area contributed by atoms with Crippen LogP contribution in [0.25, 0.3) is 0 Å². The second-order valence-electron chi connectivity index (χ2n) is 3.72. The summed E-state index contributed by atoms with van der Waals surface area (Å²) in [6, 6.07) is 1.58. The molecule has 5 nitrogen and oxygen atoms in total. The zero-order chi connectivity index (χ0) is 10.8. The lowest BCUT2D eigenvalue weighted by Gasteiger charge is -2.27. The summed E-state index contributed by atoms with van der Waals surface area (Å²) in [5.41, 5.74) is 0.686. The van der Waals surface area contributed by atoms with Crippen molar-refractivity contribution >= 4 is 5.91 Å². The smallest absolute Gasteiger partial charge is 0.257 e. The number of carbonyl (C=O) groups excluding carboxylic acids is 1. The summed E-state index contributed by atoms with van der Waals surface area (Å²) in [5, 5.41) is 5.81. The van der Waals surface area contributed by atoms with E-state index in [1.165, 1.54) is 12.3 Å². The minimum atomic E-state index is -0.303. The van der Waals surface area contributed by atoms with Crippen molar-refractivity contribution < 1.29 is 4.79 Å². The maximum Gasteiger partial charge on any atom is 0.257 e. The van der Waals surface area contributed by atoms with E-state index in [2.05, 4.69) is 15.6 Å². The number of nitrogens with one attached hydrogen (secondary N) is 3. The van der Waals surface area contributed by atoms with Gasteiger partial charge >= 0.3 is 0 Å². The molecule has 0 aromatic carbocycles. The van der Waals surface area contributed by atoms with Crippen LogP contribution in [-0.4, -0.2) is 30.0 Å². The summed E-state index contributed by atoms with van der Waals surface area (Å²) >= 11 is 0. The fraction of sp³-hybridized carbons (Fsp3) is 0.400. The molecule has 5 heteroatoms. The van der Waals surface area contributed by atoms with Crippen molar-refractivity contribution in [3.05, 3.63) is 33.7 Å². The van der Waals surface area contributed by atoms with Gasteiger partial charge in [0.2, 0.25) is 0 Å². The Morgan fingerprint density at radius 3 is 2.80 bits per heavy atom. The minimum Gasteiger partial charge on any atom is -0.364 e. The standard InChI is InChI=1S/C10H13N3O2/c1-6-2-9(14)8(5-12-6)10(15)13-7-3-11-4-7/h2,5,7,11H,3-4H2,1H3,(H,12,14)(H,13,15). The molecule has 80 valence electrons. The lowest BCUT2D eigenvalue weighted by molar-refractivity contribution is 0.0922. The van der Waals surface area contributed by atoms with Crippen LogP contribution < -0.4 is 16.1 Å². The van der Waals surface area contributed by atoms with E-state index in [-0.39, 0.29) is 22.9 Å². The summed E-state index contributed by atoms with van der Waals surface area (Å²) in [6.45, 7) is 3.32. The molecule has 2 rings (SSSR count). The van der Waals surface area contributed by atoms with Crippen LogP contribution in [0.1, 0.15) is 16.1 Å². The van der Waals surface area contributed by atoms with Crippen LogP contribution in [0.2, 0.25) is 0 Å². The van der Waals surface area contributed by atoms with Gasteiger partial charge in [0, 0.05) is 31.0 Å². The van der Waals surface area contributed by atoms with E-state index in [4.69, 9.17) is 0 Å². The Morgan fingerprint density at radius 1 is 1.53 bits per heavy atom. The number of rotatable bonds is 2. The molecular weight excluding hydrogens is 194 g/mol. The Balaban J connectivity index is 2.14. The molecule has 0 radical (unpaired) electrons. The first-order valence-electron chi connectivity index (χ1n) is 4.88. The van der Waals surface area contributed by atoms with Crippen LogP contribution in [0.15, 0.2) is 17.1 Å². The number of hydrogen-bond donors (Lipinski definition) is 3. The number of carbonyl (C=O) groups is 1. The summed E-state index contributed by atoms with van der Waals surface area (Å²) in [4.78, 5) is 25.9. The Kier molecular flexibility index (Phi) is 2.55. The van der Waals surface area contributed by atoms with Gasteiger partial charge in [-0.2, -0.15) is 0 Å². The van der Waals surface area contributed by atoms with E-state index in [1.807, 2.05) is 0 Å². The molecule has 1 aromatic rings.